The normalized spacial score (nSPS) is 32.8. The van der Waals surface area contributed by atoms with Gasteiger partial charge in [-0.25, -0.2) is 0 Å². The summed E-state index contributed by atoms with van der Waals surface area (Å²) in [7, 11) is 0. The lowest BCUT2D eigenvalue weighted by molar-refractivity contribution is 0.163. The van der Waals surface area contributed by atoms with E-state index in [1.165, 1.54) is 24.0 Å². The van der Waals surface area contributed by atoms with Crippen molar-refractivity contribution in [3.8, 4) is 0 Å². The van der Waals surface area contributed by atoms with E-state index < -0.39 is 0 Å². The molecule has 102 valence electrons. The molecule has 3 atom stereocenters. The third kappa shape index (κ3) is 2.27. The maximum absolute atomic E-state index is 6.65. The Labute approximate surface area is 121 Å². The number of fused-ring (bicyclic) bond motifs is 3. The van der Waals surface area contributed by atoms with E-state index in [9.17, 15) is 0 Å². The molecular formula is C14H22Cl2N2. The molecule has 1 fully saturated rings. The highest BCUT2D eigenvalue weighted by Crippen LogP contribution is 2.49. The molecule has 2 aliphatic carbocycles. The zero-order valence-electron chi connectivity index (χ0n) is 10.5. The molecule has 1 aromatic rings. The van der Waals surface area contributed by atoms with Crippen molar-refractivity contribution in [2.24, 2.45) is 23.3 Å². The fraction of sp³-hybridized carbons (Fsp3) is 0.571. The minimum absolute atomic E-state index is 0. The summed E-state index contributed by atoms with van der Waals surface area (Å²) in [4.78, 5) is 0. The summed E-state index contributed by atoms with van der Waals surface area (Å²) in [6, 6.07) is 8.70. The van der Waals surface area contributed by atoms with Crippen molar-refractivity contribution >= 4 is 24.8 Å². The number of nitrogens with two attached hydrogens (primary N) is 2. The molecule has 4 N–H and O–H groups in total. The van der Waals surface area contributed by atoms with Crippen LogP contribution < -0.4 is 11.5 Å². The second-order valence-electron chi connectivity index (χ2n) is 5.47. The Hall–Kier alpha value is -0.280. The molecule has 0 saturated heterocycles. The maximum Gasteiger partial charge on any atom is 0.0444 e. The quantitative estimate of drug-likeness (QED) is 0.835. The van der Waals surface area contributed by atoms with Crippen LogP contribution in [0.1, 0.15) is 30.4 Å². The Morgan fingerprint density at radius 3 is 2.67 bits per heavy atom. The van der Waals surface area contributed by atoms with Gasteiger partial charge in [0.05, 0.1) is 0 Å². The van der Waals surface area contributed by atoms with Gasteiger partial charge >= 0.3 is 0 Å². The minimum Gasteiger partial charge on any atom is -0.330 e. The van der Waals surface area contributed by atoms with E-state index in [2.05, 4.69) is 24.3 Å². The highest BCUT2D eigenvalue weighted by Gasteiger charge is 2.46. The molecular weight excluding hydrogens is 267 g/mol. The third-order valence-corrected chi connectivity index (χ3v) is 4.63. The van der Waals surface area contributed by atoms with E-state index >= 15 is 0 Å². The first kappa shape index (κ1) is 15.8. The summed E-state index contributed by atoms with van der Waals surface area (Å²) in [6.07, 6.45) is 4.67. The van der Waals surface area contributed by atoms with Crippen molar-refractivity contribution in [1.29, 1.82) is 0 Å². The number of benzene rings is 1. The third-order valence-electron chi connectivity index (χ3n) is 4.63. The molecule has 0 radical (unpaired) electrons. The molecule has 1 aromatic carbocycles. The molecule has 1 unspecified atom stereocenters. The molecule has 18 heavy (non-hydrogen) atoms. The lowest BCUT2D eigenvalue weighted by Gasteiger charge is -2.40. The van der Waals surface area contributed by atoms with E-state index in [0.717, 1.165) is 19.4 Å². The first-order valence-electron chi connectivity index (χ1n) is 6.31. The molecule has 1 saturated carbocycles. The van der Waals surface area contributed by atoms with Gasteiger partial charge in [0.15, 0.2) is 0 Å². The lowest BCUT2D eigenvalue weighted by Crippen LogP contribution is -2.46. The lowest BCUT2D eigenvalue weighted by atomic mass is 9.69. The Bertz CT molecular complexity index is 411. The van der Waals surface area contributed by atoms with E-state index in [1.54, 1.807) is 0 Å². The number of halogens is 2. The van der Waals surface area contributed by atoms with Crippen LogP contribution in [-0.4, -0.2) is 6.54 Å². The van der Waals surface area contributed by atoms with Crippen LogP contribution >= 0.6 is 24.8 Å². The summed E-state index contributed by atoms with van der Waals surface area (Å²) >= 11 is 0. The smallest absolute Gasteiger partial charge is 0.0444 e. The summed E-state index contributed by atoms with van der Waals surface area (Å²) in [5, 5.41) is 0. The zero-order valence-corrected chi connectivity index (χ0v) is 12.1. The predicted octanol–water partition coefficient (Wildman–Crippen LogP) is 2.62. The van der Waals surface area contributed by atoms with Gasteiger partial charge in [0.1, 0.15) is 0 Å². The highest BCUT2D eigenvalue weighted by atomic mass is 35.5. The average molecular weight is 289 g/mol. The summed E-state index contributed by atoms with van der Waals surface area (Å²) < 4.78 is 0. The van der Waals surface area contributed by atoms with Gasteiger partial charge in [0.25, 0.3) is 0 Å². The molecule has 3 rings (SSSR count). The van der Waals surface area contributed by atoms with Crippen molar-refractivity contribution in [3.63, 3.8) is 0 Å². The molecule has 0 aliphatic heterocycles. The van der Waals surface area contributed by atoms with Gasteiger partial charge in [0.2, 0.25) is 0 Å². The Morgan fingerprint density at radius 1 is 1.22 bits per heavy atom. The molecule has 0 spiro atoms. The summed E-state index contributed by atoms with van der Waals surface area (Å²) in [5.74, 6) is 1.31. The van der Waals surface area contributed by atoms with Crippen LogP contribution in [0.3, 0.4) is 0 Å². The Balaban J connectivity index is 0.000000810. The van der Waals surface area contributed by atoms with Crippen LogP contribution in [0.2, 0.25) is 0 Å². The van der Waals surface area contributed by atoms with Gasteiger partial charge in [-0.05, 0) is 55.2 Å². The van der Waals surface area contributed by atoms with Gasteiger partial charge in [-0.2, -0.15) is 0 Å². The largest absolute Gasteiger partial charge is 0.330 e. The van der Waals surface area contributed by atoms with Crippen LogP contribution in [0, 0.1) is 11.8 Å². The van der Waals surface area contributed by atoms with Gasteiger partial charge in [0, 0.05) is 5.54 Å². The van der Waals surface area contributed by atoms with Crippen LogP contribution in [0.4, 0.5) is 0 Å². The summed E-state index contributed by atoms with van der Waals surface area (Å²) in [5.41, 5.74) is 15.3. The zero-order chi connectivity index (χ0) is 11.2. The van der Waals surface area contributed by atoms with Crippen molar-refractivity contribution in [3.05, 3.63) is 35.4 Å². The maximum atomic E-state index is 6.65. The number of rotatable bonds is 1. The fourth-order valence-corrected chi connectivity index (χ4v) is 3.63. The van der Waals surface area contributed by atoms with Crippen LogP contribution in [0.15, 0.2) is 24.3 Å². The first-order chi connectivity index (χ1) is 7.74. The van der Waals surface area contributed by atoms with E-state index in [0.29, 0.717) is 11.8 Å². The predicted molar refractivity (Wildman–Crippen MR) is 80.4 cm³/mol. The van der Waals surface area contributed by atoms with E-state index in [-0.39, 0.29) is 30.4 Å². The van der Waals surface area contributed by atoms with Gasteiger partial charge in [-0.3, -0.25) is 0 Å². The monoisotopic (exact) mass is 288 g/mol. The second-order valence-corrected chi connectivity index (χ2v) is 5.47. The van der Waals surface area contributed by atoms with Crippen molar-refractivity contribution in [2.45, 2.75) is 31.2 Å². The Kier molecular flexibility index (Phi) is 5.07. The topological polar surface area (TPSA) is 52.0 Å². The molecule has 2 aliphatic rings. The Morgan fingerprint density at radius 2 is 1.94 bits per heavy atom. The highest BCUT2D eigenvalue weighted by molar-refractivity contribution is 5.85. The van der Waals surface area contributed by atoms with Crippen molar-refractivity contribution < 1.29 is 0 Å². The second kappa shape index (κ2) is 5.79. The van der Waals surface area contributed by atoms with Crippen LogP contribution in [-0.2, 0) is 12.0 Å². The average Bonchev–Trinajstić information content (AvgIpc) is 2.61. The van der Waals surface area contributed by atoms with Gasteiger partial charge < -0.3 is 11.5 Å². The SMILES string of the molecule is Cl.Cl.NCC1CC[C@@]2(N)c3ccccc3C[C@H]2C1. The van der Waals surface area contributed by atoms with E-state index in [4.69, 9.17) is 11.5 Å². The first-order valence-corrected chi connectivity index (χ1v) is 6.31. The number of hydrogen-bond acceptors (Lipinski definition) is 2. The minimum atomic E-state index is -0.0533. The standard InChI is InChI=1S/C14H20N2.2ClH/c15-9-10-5-6-14(16)12(7-10)8-11-3-1-2-4-13(11)14;;/h1-4,10,12H,5-9,15-16H2;2*1H/t10?,12-,14+;;/m1../s1. The van der Waals surface area contributed by atoms with E-state index in [1.807, 2.05) is 0 Å². The van der Waals surface area contributed by atoms with Crippen LogP contribution in [0.5, 0.6) is 0 Å². The molecule has 0 amide bonds. The van der Waals surface area contributed by atoms with Crippen molar-refractivity contribution in [2.75, 3.05) is 6.54 Å². The van der Waals surface area contributed by atoms with Gasteiger partial charge in [-0.15, -0.1) is 24.8 Å². The van der Waals surface area contributed by atoms with Crippen LogP contribution in [0.25, 0.3) is 0 Å². The van der Waals surface area contributed by atoms with Gasteiger partial charge in [-0.1, -0.05) is 24.3 Å². The molecule has 0 bridgehead atoms. The summed E-state index contributed by atoms with van der Waals surface area (Å²) in [6.45, 7) is 0.822. The molecule has 4 heteroatoms. The molecule has 2 nitrogen and oxygen atoms in total. The molecule has 0 aromatic heterocycles. The fourth-order valence-electron chi connectivity index (χ4n) is 3.63. The van der Waals surface area contributed by atoms with Crippen molar-refractivity contribution in [1.82, 2.24) is 0 Å². The number of hydrogen-bond donors (Lipinski definition) is 2. The molecule has 0 heterocycles.